The molecule has 0 saturated carbocycles. The Morgan fingerprint density at radius 3 is 1.89 bits per heavy atom. The molecule has 0 aromatic heterocycles. The molecule has 9 nitrogen and oxygen atoms in total. The smallest absolute Gasteiger partial charge is 0.203 e. The molecule has 0 fully saturated rings. The van der Waals surface area contributed by atoms with E-state index in [0.29, 0.717) is 45.6 Å². The minimum Gasteiger partial charge on any atom is -0.503 e. The molecular formula is C29H31NO8. The Bertz CT molecular complexity index is 1320. The Kier molecular flexibility index (Phi) is 9.48. The molecule has 0 amide bonds. The zero-order valence-electron chi connectivity index (χ0n) is 22.2. The van der Waals surface area contributed by atoms with Gasteiger partial charge >= 0.3 is 0 Å². The predicted octanol–water partition coefficient (Wildman–Crippen LogP) is 5.42. The van der Waals surface area contributed by atoms with Crippen molar-refractivity contribution in [2.75, 3.05) is 48.0 Å². The van der Waals surface area contributed by atoms with E-state index in [-0.39, 0.29) is 17.3 Å². The molecule has 0 aliphatic carbocycles. The fourth-order valence-electron chi connectivity index (χ4n) is 3.71. The maximum absolute atomic E-state index is 12.7. The Morgan fingerprint density at radius 1 is 0.711 bits per heavy atom. The summed E-state index contributed by atoms with van der Waals surface area (Å²) in [4.78, 5) is 12.7. The number of phenols is 1. The number of anilines is 1. The zero-order chi connectivity index (χ0) is 27.7. The Morgan fingerprint density at radius 2 is 1.32 bits per heavy atom. The number of aromatic hydroxyl groups is 1. The van der Waals surface area contributed by atoms with Gasteiger partial charge in [-0.15, -0.1) is 0 Å². The lowest BCUT2D eigenvalue weighted by atomic mass is 10.1. The van der Waals surface area contributed by atoms with E-state index < -0.39 is 0 Å². The highest BCUT2D eigenvalue weighted by Gasteiger charge is 2.14. The van der Waals surface area contributed by atoms with Gasteiger partial charge in [-0.3, -0.25) is 4.79 Å². The molecule has 200 valence electrons. The molecule has 0 unspecified atom stereocenters. The second kappa shape index (κ2) is 13.0. The van der Waals surface area contributed by atoms with Gasteiger partial charge in [0.2, 0.25) is 5.75 Å². The summed E-state index contributed by atoms with van der Waals surface area (Å²) in [5, 5.41) is 13.8. The van der Waals surface area contributed by atoms with Crippen LogP contribution < -0.4 is 33.7 Å². The molecule has 0 aliphatic heterocycles. The molecule has 0 spiro atoms. The third-order valence-corrected chi connectivity index (χ3v) is 5.67. The molecule has 0 saturated heterocycles. The van der Waals surface area contributed by atoms with Crippen molar-refractivity contribution in [3.05, 3.63) is 71.4 Å². The fraction of sp³-hybridized carbons (Fsp3) is 0.207. The maximum atomic E-state index is 12.7. The van der Waals surface area contributed by atoms with Crippen LogP contribution in [0.1, 0.15) is 21.5 Å². The second-order valence-corrected chi connectivity index (χ2v) is 7.78. The van der Waals surface area contributed by atoms with E-state index in [1.165, 1.54) is 40.7 Å². The van der Waals surface area contributed by atoms with Gasteiger partial charge in [-0.05, 0) is 48.0 Å². The molecule has 9 heteroatoms. The summed E-state index contributed by atoms with van der Waals surface area (Å²) in [5.41, 5.74) is 2.18. The molecule has 3 aromatic rings. The first-order chi connectivity index (χ1) is 18.4. The first-order valence-corrected chi connectivity index (χ1v) is 11.5. The average molecular weight is 522 g/mol. The van der Waals surface area contributed by atoms with Gasteiger partial charge in [0.15, 0.2) is 40.3 Å². The van der Waals surface area contributed by atoms with Crippen molar-refractivity contribution in [2.45, 2.75) is 0 Å². The van der Waals surface area contributed by atoms with E-state index in [0.717, 1.165) is 5.56 Å². The molecule has 2 N–H and O–H groups in total. The third-order valence-electron chi connectivity index (χ3n) is 5.67. The minimum atomic E-state index is -0.268. The summed E-state index contributed by atoms with van der Waals surface area (Å²) in [6.07, 6.45) is 6.43. The number of hydrogen-bond acceptors (Lipinski definition) is 9. The first kappa shape index (κ1) is 27.8. The van der Waals surface area contributed by atoms with Crippen LogP contribution >= 0.6 is 0 Å². The lowest BCUT2D eigenvalue weighted by Gasteiger charge is -2.14. The van der Waals surface area contributed by atoms with Crippen LogP contribution in [0, 0.1) is 0 Å². The van der Waals surface area contributed by atoms with E-state index in [1.54, 1.807) is 62.8 Å². The van der Waals surface area contributed by atoms with Gasteiger partial charge in [0.1, 0.15) is 0 Å². The number of rotatable bonds is 12. The van der Waals surface area contributed by atoms with Crippen LogP contribution in [0.15, 0.2) is 54.7 Å². The van der Waals surface area contributed by atoms with Crippen molar-refractivity contribution in [3.63, 3.8) is 0 Å². The van der Waals surface area contributed by atoms with Gasteiger partial charge in [0, 0.05) is 23.4 Å². The highest BCUT2D eigenvalue weighted by Crippen LogP contribution is 2.40. The van der Waals surface area contributed by atoms with Crippen LogP contribution in [0.2, 0.25) is 0 Å². The van der Waals surface area contributed by atoms with E-state index in [9.17, 15) is 9.90 Å². The SMILES string of the molecule is COc1ccc(C(=O)/C=C\Nc2c(/C=C\c3cc(OC)c(OC)c(OC)c3)ccc(OC)c2O)cc1OC. The highest BCUT2D eigenvalue weighted by molar-refractivity contribution is 6.05. The lowest BCUT2D eigenvalue weighted by molar-refractivity contribution is 0.104. The molecule has 0 radical (unpaired) electrons. The summed E-state index contributed by atoms with van der Waals surface area (Å²) in [6.45, 7) is 0. The largest absolute Gasteiger partial charge is 0.503 e. The number of nitrogens with one attached hydrogen (secondary N) is 1. The molecule has 0 bridgehead atoms. The number of benzene rings is 3. The van der Waals surface area contributed by atoms with Crippen LogP contribution in [-0.4, -0.2) is 53.5 Å². The van der Waals surface area contributed by atoms with Crippen molar-refractivity contribution in [1.82, 2.24) is 0 Å². The third kappa shape index (κ3) is 6.12. The maximum Gasteiger partial charge on any atom is 0.203 e. The molecule has 0 aliphatic rings. The molecule has 3 aromatic carbocycles. The standard InChI is InChI=1S/C29H31NO8/c1-33-22-11-10-20(17-24(22)35-3)21(31)13-14-30-27-19(9-12-23(34-2)28(27)32)8-7-18-15-25(36-4)29(38-6)26(16-18)37-5/h7-17,30,32H,1-6H3/b8-7-,14-13-. The van der Waals surface area contributed by atoms with Crippen molar-refractivity contribution < 1.29 is 38.3 Å². The van der Waals surface area contributed by atoms with E-state index in [2.05, 4.69) is 5.32 Å². The summed E-state index contributed by atoms with van der Waals surface area (Å²) in [7, 11) is 9.12. The predicted molar refractivity (Wildman–Crippen MR) is 146 cm³/mol. The summed E-state index contributed by atoms with van der Waals surface area (Å²) < 4.78 is 32.0. The van der Waals surface area contributed by atoms with Gasteiger partial charge < -0.3 is 38.8 Å². The van der Waals surface area contributed by atoms with Crippen LogP contribution in [-0.2, 0) is 0 Å². The van der Waals surface area contributed by atoms with Crippen LogP contribution in [0.3, 0.4) is 0 Å². The van der Waals surface area contributed by atoms with Crippen molar-refractivity contribution >= 4 is 23.6 Å². The zero-order valence-corrected chi connectivity index (χ0v) is 22.2. The van der Waals surface area contributed by atoms with E-state index in [4.69, 9.17) is 28.4 Å². The highest BCUT2D eigenvalue weighted by atomic mass is 16.5. The average Bonchev–Trinajstić information content (AvgIpc) is 2.95. The van der Waals surface area contributed by atoms with Gasteiger partial charge in [-0.1, -0.05) is 12.2 Å². The van der Waals surface area contributed by atoms with Gasteiger partial charge in [0.25, 0.3) is 0 Å². The quantitative estimate of drug-likeness (QED) is 0.140. The fourth-order valence-corrected chi connectivity index (χ4v) is 3.71. The molecule has 0 heterocycles. The number of hydrogen-bond donors (Lipinski definition) is 2. The minimum absolute atomic E-state index is 0.109. The molecule has 0 atom stereocenters. The van der Waals surface area contributed by atoms with Gasteiger partial charge in [-0.25, -0.2) is 0 Å². The summed E-state index contributed by atoms with van der Waals surface area (Å²) >= 11 is 0. The number of phenolic OH excluding ortho intramolecular Hbond substituents is 1. The lowest BCUT2D eigenvalue weighted by Crippen LogP contribution is -1.99. The Hall–Kier alpha value is -4.79. The van der Waals surface area contributed by atoms with Crippen LogP contribution in [0.25, 0.3) is 12.2 Å². The monoisotopic (exact) mass is 521 g/mol. The number of allylic oxidation sites excluding steroid dienone is 1. The second-order valence-electron chi connectivity index (χ2n) is 7.78. The summed E-state index contributed by atoms with van der Waals surface area (Å²) in [5.74, 6) is 2.38. The Balaban J connectivity index is 1.90. The molecular weight excluding hydrogens is 490 g/mol. The van der Waals surface area contributed by atoms with Crippen molar-refractivity contribution in [1.29, 1.82) is 0 Å². The van der Waals surface area contributed by atoms with Crippen molar-refractivity contribution in [2.24, 2.45) is 0 Å². The van der Waals surface area contributed by atoms with E-state index in [1.807, 2.05) is 6.08 Å². The van der Waals surface area contributed by atoms with Gasteiger partial charge in [-0.2, -0.15) is 0 Å². The molecule has 38 heavy (non-hydrogen) atoms. The van der Waals surface area contributed by atoms with Gasteiger partial charge in [0.05, 0.1) is 48.3 Å². The number of methoxy groups -OCH3 is 6. The number of carbonyl (C=O) groups is 1. The number of ether oxygens (including phenoxy) is 6. The summed E-state index contributed by atoms with van der Waals surface area (Å²) in [6, 6.07) is 11.9. The van der Waals surface area contributed by atoms with Crippen LogP contribution in [0.5, 0.6) is 40.2 Å². The first-order valence-electron chi connectivity index (χ1n) is 11.5. The Labute approximate surface area is 221 Å². The topological polar surface area (TPSA) is 105 Å². The van der Waals surface area contributed by atoms with Crippen LogP contribution in [0.4, 0.5) is 5.69 Å². The van der Waals surface area contributed by atoms with E-state index >= 15 is 0 Å². The molecule has 3 rings (SSSR count). The number of carbonyl (C=O) groups excluding carboxylic acids is 1. The normalized spacial score (nSPS) is 10.9. The number of ketones is 1. The van der Waals surface area contributed by atoms with Crippen molar-refractivity contribution in [3.8, 4) is 40.2 Å².